The standard InChI is InChI=1S/C23H24N4O3/c1-23(12-16-8-6-5-7-9-16)22(29)26(2)20(21(28)27(23)3)11-18-10-17(15-30-4)14-25-19(18)13-24/h5-11,14H,12,15H2,1-4H3/b20-11-. The molecular weight excluding hydrogens is 380 g/mol. The van der Waals surface area contributed by atoms with Crippen molar-refractivity contribution in [3.05, 3.63) is 70.7 Å². The average Bonchev–Trinajstić information content (AvgIpc) is 2.75. The summed E-state index contributed by atoms with van der Waals surface area (Å²) in [6, 6.07) is 13.4. The highest BCUT2D eigenvalue weighted by atomic mass is 16.5. The Morgan fingerprint density at radius 1 is 1.20 bits per heavy atom. The summed E-state index contributed by atoms with van der Waals surface area (Å²) in [4.78, 5) is 33.5. The lowest BCUT2D eigenvalue weighted by molar-refractivity contribution is -0.155. The number of methoxy groups -OCH3 is 1. The summed E-state index contributed by atoms with van der Waals surface area (Å²) < 4.78 is 5.12. The van der Waals surface area contributed by atoms with Crippen LogP contribution in [0.25, 0.3) is 6.08 Å². The minimum absolute atomic E-state index is 0.177. The second kappa shape index (κ2) is 8.47. The Bertz CT molecular complexity index is 1040. The van der Waals surface area contributed by atoms with Crippen molar-refractivity contribution in [1.29, 1.82) is 5.26 Å². The number of amides is 2. The first kappa shape index (κ1) is 21.2. The molecule has 0 N–H and O–H groups in total. The van der Waals surface area contributed by atoms with Crippen LogP contribution in [0.4, 0.5) is 0 Å². The van der Waals surface area contributed by atoms with Crippen LogP contribution in [0.3, 0.4) is 0 Å². The molecule has 7 heteroatoms. The van der Waals surface area contributed by atoms with E-state index in [9.17, 15) is 14.9 Å². The van der Waals surface area contributed by atoms with Gasteiger partial charge >= 0.3 is 0 Å². The number of rotatable bonds is 5. The molecule has 1 aliphatic heterocycles. The summed E-state index contributed by atoms with van der Waals surface area (Å²) in [7, 11) is 4.78. The number of nitrogens with zero attached hydrogens (tertiary/aromatic N) is 4. The van der Waals surface area contributed by atoms with Gasteiger partial charge in [-0.05, 0) is 30.2 Å². The van der Waals surface area contributed by atoms with Gasteiger partial charge in [-0.15, -0.1) is 0 Å². The molecule has 1 atom stereocenters. The van der Waals surface area contributed by atoms with E-state index >= 15 is 0 Å². The Morgan fingerprint density at radius 2 is 1.90 bits per heavy atom. The van der Waals surface area contributed by atoms with Crippen molar-refractivity contribution in [2.24, 2.45) is 0 Å². The number of nitriles is 1. The Hall–Kier alpha value is -3.50. The molecule has 0 aliphatic carbocycles. The monoisotopic (exact) mass is 404 g/mol. The molecule has 1 aromatic heterocycles. The van der Waals surface area contributed by atoms with Gasteiger partial charge in [0, 0.05) is 39.4 Å². The lowest BCUT2D eigenvalue weighted by atomic mass is 9.87. The molecule has 3 rings (SSSR count). The molecule has 0 saturated carbocycles. The summed E-state index contributed by atoms with van der Waals surface area (Å²) >= 11 is 0. The number of hydrogen-bond donors (Lipinski definition) is 0. The van der Waals surface area contributed by atoms with E-state index < -0.39 is 5.54 Å². The van der Waals surface area contributed by atoms with Crippen LogP contribution in [-0.4, -0.2) is 53.3 Å². The maximum atomic E-state index is 13.3. The topological polar surface area (TPSA) is 86.5 Å². The van der Waals surface area contributed by atoms with E-state index in [0.29, 0.717) is 18.6 Å². The van der Waals surface area contributed by atoms with Crippen molar-refractivity contribution in [3.8, 4) is 6.07 Å². The van der Waals surface area contributed by atoms with Gasteiger partial charge in [0.2, 0.25) is 0 Å². The van der Waals surface area contributed by atoms with Gasteiger partial charge < -0.3 is 14.5 Å². The van der Waals surface area contributed by atoms with Gasteiger partial charge in [-0.25, -0.2) is 4.98 Å². The van der Waals surface area contributed by atoms with E-state index in [1.54, 1.807) is 46.5 Å². The Morgan fingerprint density at radius 3 is 2.53 bits per heavy atom. The van der Waals surface area contributed by atoms with E-state index in [1.165, 1.54) is 9.80 Å². The molecule has 30 heavy (non-hydrogen) atoms. The molecule has 1 saturated heterocycles. The first-order chi connectivity index (χ1) is 14.3. The molecule has 2 amide bonds. The fraction of sp³-hybridized carbons (Fsp3) is 0.304. The number of ether oxygens (including phenoxy) is 1. The first-order valence-corrected chi connectivity index (χ1v) is 9.51. The number of pyridine rings is 1. The van der Waals surface area contributed by atoms with Gasteiger partial charge in [0.1, 0.15) is 23.0 Å². The third kappa shape index (κ3) is 3.82. The predicted molar refractivity (Wildman–Crippen MR) is 112 cm³/mol. The van der Waals surface area contributed by atoms with E-state index in [1.807, 2.05) is 36.4 Å². The fourth-order valence-corrected chi connectivity index (χ4v) is 3.62. The van der Waals surface area contributed by atoms with Gasteiger partial charge in [0.25, 0.3) is 11.8 Å². The van der Waals surface area contributed by atoms with Crippen LogP contribution < -0.4 is 0 Å². The number of aromatic nitrogens is 1. The molecule has 154 valence electrons. The summed E-state index contributed by atoms with van der Waals surface area (Å²) in [5.41, 5.74) is 1.56. The summed E-state index contributed by atoms with van der Waals surface area (Å²) in [6.07, 6.45) is 3.51. The molecule has 1 aliphatic rings. The smallest absolute Gasteiger partial charge is 0.271 e. The Balaban J connectivity index is 2.00. The van der Waals surface area contributed by atoms with E-state index in [2.05, 4.69) is 4.98 Å². The quantitative estimate of drug-likeness (QED) is 0.714. The maximum Gasteiger partial charge on any atom is 0.271 e. The number of hydrogen-bond acceptors (Lipinski definition) is 5. The summed E-state index contributed by atoms with van der Waals surface area (Å²) in [6.45, 7) is 2.10. The highest BCUT2D eigenvalue weighted by Crippen LogP contribution is 2.31. The van der Waals surface area contributed by atoms with E-state index in [0.717, 1.165) is 11.1 Å². The van der Waals surface area contributed by atoms with Gasteiger partial charge in [-0.1, -0.05) is 30.3 Å². The van der Waals surface area contributed by atoms with Crippen molar-refractivity contribution < 1.29 is 14.3 Å². The highest BCUT2D eigenvalue weighted by molar-refractivity contribution is 6.08. The normalized spacial score (nSPS) is 20.6. The third-order valence-electron chi connectivity index (χ3n) is 5.46. The highest BCUT2D eigenvalue weighted by Gasteiger charge is 2.48. The second-order valence-corrected chi connectivity index (χ2v) is 7.52. The second-order valence-electron chi connectivity index (χ2n) is 7.52. The summed E-state index contributed by atoms with van der Waals surface area (Å²) in [5, 5.41) is 9.40. The van der Waals surface area contributed by atoms with Crippen molar-refractivity contribution >= 4 is 17.9 Å². The number of piperazine rings is 1. The number of benzene rings is 1. The van der Waals surface area contributed by atoms with Crippen LogP contribution in [0.15, 0.2) is 48.3 Å². The molecule has 0 spiro atoms. The molecular formula is C23H24N4O3. The van der Waals surface area contributed by atoms with Crippen molar-refractivity contribution in [2.75, 3.05) is 21.2 Å². The minimum Gasteiger partial charge on any atom is -0.380 e. The Labute approximate surface area is 176 Å². The fourth-order valence-electron chi connectivity index (χ4n) is 3.62. The Kier molecular flexibility index (Phi) is 5.99. The molecule has 2 heterocycles. The van der Waals surface area contributed by atoms with Crippen molar-refractivity contribution in [3.63, 3.8) is 0 Å². The van der Waals surface area contributed by atoms with Gasteiger partial charge in [-0.2, -0.15) is 5.26 Å². The van der Waals surface area contributed by atoms with Crippen LogP contribution in [0.2, 0.25) is 0 Å². The maximum absolute atomic E-state index is 13.3. The molecule has 1 unspecified atom stereocenters. The third-order valence-corrected chi connectivity index (χ3v) is 5.46. The van der Waals surface area contributed by atoms with Crippen LogP contribution in [0.1, 0.15) is 29.3 Å². The van der Waals surface area contributed by atoms with Crippen LogP contribution >= 0.6 is 0 Å². The van der Waals surface area contributed by atoms with Crippen LogP contribution in [0, 0.1) is 11.3 Å². The van der Waals surface area contributed by atoms with Gasteiger partial charge in [0.05, 0.1) is 6.61 Å². The lowest BCUT2D eigenvalue weighted by Crippen LogP contribution is -2.64. The molecule has 0 radical (unpaired) electrons. The summed E-state index contributed by atoms with van der Waals surface area (Å²) in [5.74, 6) is -0.490. The van der Waals surface area contributed by atoms with E-state index in [-0.39, 0.29) is 23.2 Å². The van der Waals surface area contributed by atoms with E-state index in [4.69, 9.17) is 4.74 Å². The molecule has 2 aromatic rings. The van der Waals surface area contributed by atoms with Gasteiger partial charge in [0.15, 0.2) is 0 Å². The number of carbonyl (C=O) groups is 2. The number of carbonyl (C=O) groups excluding carboxylic acids is 2. The van der Waals surface area contributed by atoms with Crippen molar-refractivity contribution in [1.82, 2.24) is 14.8 Å². The van der Waals surface area contributed by atoms with Crippen LogP contribution in [0.5, 0.6) is 0 Å². The first-order valence-electron chi connectivity index (χ1n) is 9.51. The predicted octanol–water partition coefficient (Wildman–Crippen LogP) is 2.37. The number of likely N-dealkylation sites (N-methyl/N-ethyl adjacent to an activating group) is 2. The molecule has 1 fully saturated rings. The SMILES string of the molecule is COCc1cnc(C#N)c(/C=C2/C(=O)N(C)C(C)(Cc3ccccc3)C(=O)N2C)c1. The van der Waals surface area contributed by atoms with Crippen molar-refractivity contribution in [2.45, 2.75) is 25.5 Å². The van der Waals surface area contributed by atoms with Crippen LogP contribution in [-0.2, 0) is 27.4 Å². The lowest BCUT2D eigenvalue weighted by Gasteiger charge is -2.45. The molecule has 0 bridgehead atoms. The molecule has 7 nitrogen and oxygen atoms in total. The average molecular weight is 404 g/mol. The zero-order valence-electron chi connectivity index (χ0n) is 17.5. The largest absolute Gasteiger partial charge is 0.380 e. The zero-order chi connectivity index (χ0) is 21.9. The minimum atomic E-state index is -1.02. The van der Waals surface area contributed by atoms with Gasteiger partial charge in [-0.3, -0.25) is 9.59 Å². The zero-order valence-corrected chi connectivity index (χ0v) is 17.5. The molecule has 1 aromatic carbocycles.